The Kier molecular flexibility index (Phi) is 3.03. The van der Waals surface area contributed by atoms with Gasteiger partial charge in [-0.15, -0.1) is 0 Å². The van der Waals surface area contributed by atoms with Crippen LogP contribution in [-0.2, 0) is 0 Å². The van der Waals surface area contributed by atoms with Gasteiger partial charge in [0.15, 0.2) is 0 Å². The molecule has 0 saturated heterocycles. The molecule has 0 aliphatic carbocycles. The molecule has 0 aliphatic rings. The monoisotopic (exact) mass is 170 g/mol. The van der Waals surface area contributed by atoms with Crippen molar-refractivity contribution in [2.75, 3.05) is 0 Å². The van der Waals surface area contributed by atoms with E-state index in [-0.39, 0.29) is 36.7 Å². The number of hydrogen-bond donors (Lipinski definition) is 1. The van der Waals surface area contributed by atoms with E-state index in [1.54, 1.807) is 6.20 Å². The molecule has 2 aromatic rings. The molecule has 0 amide bonds. The second-order valence-electron chi connectivity index (χ2n) is 2.28. The van der Waals surface area contributed by atoms with E-state index in [4.69, 9.17) is 0 Å². The van der Waals surface area contributed by atoms with E-state index in [0.717, 1.165) is 10.9 Å². The average Bonchev–Trinajstić information content (AvgIpc) is 2.04. The van der Waals surface area contributed by atoms with Gasteiger partial charge >= 0.3 is 35.2 Å². The largest absolute Gasteiger partial charge is 1.00 e. The molecule has 0 fully saturated rings. The third kappa shape index (κ3) is 1.75. The zero-order valence-electron chi connectivity index (χ0n) is 7.74. The first-order valence-corrected chi connectivity index (χ1v) is 3.30. The topological polar surface area (TPSA) is 45.8 Å². The minimum Gasteiger partial charge on any atom is -1.00 e. The average molecular weight is 170 g/mol. The van der Waals surface area contributed by atoms with Crippen LogP contribution >= 0.6 is 0 Å². The number of benzene rings is 1. The number of H-pyrrole nitrogens is 1. The van der Waals surface area contributed by atoms with E-state index in [2.05, 4.69) is 9.97 Å². The molecule has 0 atom stereocenters. The molecule has 4 heteroatoms. The molecule has 1 heterocycles. The standard InChI is InChI=1S/C8H6N2O.Na.H/c11-8-9-5-6-3-1-2-4-7(6)10-8;;/h1-5H,(H,9,10,11);;/q;+1;-1. The second-order valence-corrected chi connectivity index (χ2v) is 2.28. The zero-order valence-corrected chi connectivity index (χ0v) is 8.74. The van der Waals surface area contributed by atoms with Gasteiger partial charge < -0.3 is 6.41 Å². The first-order chi connectivity index (χ1) is 5.36. The number of nitrogens with zero attached hydrogens (tertiary/aromatic N) is 1. The Morgan fingerprint density at radius 1 is 1.33 bits per heavy atom. The smallest absolute Gasteiger partial charge is 1.00 e. The van der Waals surface area contributed by atoms with Crippen molar-refractivity contribution in [2.45, 2.75) is 0 Å². The van der Waals surface area contributed by atoms with Gasteiger partial charge in [0.25, 0.3) is 0 Å². The molecular formula is C8H7N2NaO. The van der Waals surface area contributed by atoms with E-state index < -0.39 is 0 Å². The predicted molar refractivity (Wildman–Crippen MR) is 43.5 cm³/mol. The summed E-state index contributed by atoms with van der Waals surface area (Å²) in [6.45, 7) is 0. The molecule has 56 valence electrons. The maximum atomic E-state index is 10.7. The maximum Gasteiger partial charge on any atom is 1.00 e. The Morgan fingerprint density at radius 3 is 2.92 bits per heavy atom. The number of para-hydroxylation sites is 1. The number of fused-ring (bicyclic) bond motifs is 1. The van der Waals surface area contributed by atoms with Crippen LogP contribution < -0.4 is 35.2 Å². The van der Waals surface area contributed by atoms with E-state index in [9.17, 15) is 4.79 Å². The summed E-state index contributed by atoms with van der Waals surface area (Å²) in [4.78, 5) is 16.9. The Labute approximate surface area is 92.6 Å². The second kappa shape index (κ2) is 3.85. The van der Waals surface area contributed by atoms with Gasteiger partial charge in [-0.3, -0.25) is 0 Å². The van der Waals surface area contributed by atoms with Gasteiger partial charge in [-0.05, 0) is 6.07 Å². The number of aromatic nitrogens is 2. The molecule has 0 spiro atoms. The van der Waals surface area contributed by atoms with Crippen LogP contribution in [0.5, 0.6) is 0 Å². The van der Waals surface area contributed by atoms with Crippen LogP contribution in [0.1, 0.15) is 1.43 Å². The van der Waals surface area contributed by atoms with Crippen LogP contribution in [0.2, 0.25) is 0 Å². The maximum absolute atomic E-state index is 10.7. The van der Waals surface area contributed by atoms with Crippen molar-refractivity contribution < 1.29 is 31.0 Å². The number of rotatable bonds is 0. The normalized spacial score (nSPS) is 9.33. The van der Waals surface area contributed by atoms with Crippen molar-refractivity contribution in [1.29, 1.82) is 0 Å². The molecule has 0 unspecified atom stereocenters. The molecule has 0 saturated carbocycles. The fraction of sp³-hybridized carbons (Fsp3) is 0. The van der Waals surface area contributed by atoms with Crippen LogP contribution in [0.15, 0.2) is 35.3 Å². The number of hydrogen-bond acceptors (Lipinski definition) is 2. The SMILES string of the molecule is O=c1ncc2ccccc2[nH]1.[H-].[Na+]. The van der Waals surface area contributed by atoms with Crippen LogP contribution in [0.3, 0.4) is 0 Å². The summed E-state index contributed by atoms with van der Waals surface area (Å²) in [5, 5.41) is 0.951. The van der Waals surface area contributed by atoms with Crippen LogP contribution in [0, 0.1) is 0 Å². The van der Waals surface area contributed by atoms with E-state index in [1.165, 1.54) is 0 Å². The van der Waals surface area contributed by atoms with Crippen molar-refractivity contribution in [1.82, 2.24) is 9.97 Å². The molecule has 12 heavy (non-hydrogen) atoms. The first-order valence-electron chi connectivity index (χ1n) is 3.30. The summed E-state index contributed by atoms with van der Waals surface area (Å²) in [6, 6.07) is 7.53. The predicted octanol–water partition coefficient (Wildman–Crippen LogP) is -1.96. The summed E-state index contributed by atoms with van der Waals surface area (Å²) in [5.41, 5.74) is 0.524. The summed E-state index contributed by atoms with van der Waals surface area (Å²) in [5.74, 6) is 0. The Hall–Kier alpha value is -0.640. The van der Waals surface area contributed by atoms with Gasteiger partial charge in [0.1, 0.15) is 0 Å². The van der Waals surface area contributed by atoms with Crippen LogP contribution in [0.25, 0.3) is 10.9 Å². The van der Waals surface area contributed by atoms with Crippen molar-refractivity contribution in [3.8, 4) is 0 Å². The number of nitrogens with one attached hydrogen (secondary N) is 1. The van der Waals surface area contributed by atoms with Crippen LogP contribution in [0.4, 0.5) is 0 Å². The fourth-order valence-corrected chi connectivity index (χ4v) is 0.999. The summed E-state index contributed by atoms with van der Waals surface area (Å²) >= 11 is 0. The minimum absolute atomic E-state index is 0. The zero-order chi connectivity index (χ0) is 7.68. The quantitative estimate of drug-likeness (QED) is 0.467. The van der Waals surface area contributed by atoms with Crippen LogP contribution in [-0.4, -0.2) is 9.97 Å². The third-order valence-electron chi connectivity index (χ3n) is 1.52. The van der Waals surface area contributed by atoms with E-state index in [1.807, 2.05) is 24.3 Å². The molecule has 0 bridgehead atoms. The molecule has 1 aromatic carbocycles. The summed E-state index contributed by atoms with van der Waals surface area (Å²) < 4.78 is 0. The molecule has 2 rings (SSSR count). The molecule has 1 aromatic heterocycles. The Balaban J connectivity index is 0.000000720. The van der Waals surface area contributed by atoms with Gasteiger partial charge in [0, 0.05) is 11.6 Å². The van der Waals surface area contributed by atoms with E-state index in [0.29, 0.717) is 0 Å². The van der Waals surface area contributed by atoms with Crippen molar-refractivity contribution in [3.63, 3.8) is 0 Å². The molecular weight excluding hydrogens is 163 g/mol. The molecule has 0 aliphatic heterocycles. The molecule has 1 N–H and O–H groups in total. The summed E-state index contributed by atoms with van der Waals surface area (Å²) in [6.07, 6.45) is 1.56. The summed E-state index contributed by atoms with van der Waals surface area (Å²) in [7, 11) is 0. The van der Waals surface area contributed by atoms with Crippen molar-refractivity contribution in [2.24, 2.45) is 0 Å². The van der Waals surface area contributed by atoms with E-state index >= 15 is 0 Å². The first kappa shape index (κ1) is 9.45. The number of aromatic amines is 1. The van der Waals surface area contributed by atoms with Gasteiger partial charge in [0.05, 0.1) is 5.52 Å². The molecule has 3 nitrogen and oxygen atoms in total. The van der Waals surface area contributed by atoms with Crippen molar-refractivity contribution >= 4 is 10.9 Å². The van der Waals surface area contributed by atoms with Crippen molar-refractivity contribution in [3.05, 3.63) is 40.9 Å². The molecule has 0 radical (unpaired) electrons. The minimum atomic E-state index is -0.302. The fourth-order valence-electron chi connectivity index (χ4n) is 0.999. The Bertz CT molecular complexity index is 443. The third-order valence-corrected chi connectivity index (χ3v) is 1.52. The van der Waals surface area contributed by atoms with Gasteiger partial charge in [-0.1, -0.05) is 18.2 Å². The van der Waals surface area contributed by atoms with Gasteiger partial charge in [-0.25, -0.2) is 9.78 Å². The Morgan fingerprint density at radius 2 is 2.08 bits per heavy atom. The van der Waals surface area contributed by atoms with Gasteiger partial charge in [-0.2, -0.15) is 0 Å². The van der Waals surface area contributed by atoms with Gasteiger partial charge in [0.2, 0.25) is 0 Å².